The maximum Gasteiger partial charge on any atom is 0.325 e. The van der Waals surface area contributed by atoms with Gasteiger partial charge in [-0.15, -0.1) is 11.3 Å². The van der Waals surface area contributed by atoms with Gasteiger partial charge in [-0.1, -0.05) is 44.2 Å². The smallest absolute Gasteiger partial charge is 0.323 e. The molecule has 0 aliphatic carbocycles. The molecule has 1 aliphatic rings. The standard InChI is InChI=1S/C18H21N3O2S/c1-12(2)9-18(3)16(22)21(17(23)20-18)10-14-11-24-15(19-14)13-7-5-4-6-8-13/h4-8,11-12H,9-10H2,1-3H3,(H,20,23)/t18-/m1/s1. The number of amides is 3. The Hall–Kier alpha value is -2.21. The third-order valence-electron chi connectivity index (χ3n) is 4.05. The number of thiazole rings is 1. The quantitative estimate of drug-likeness (QED) is 0.843. The maximum atomic E-state index is 12.7. The number of aromatic nitrogens is 1. The van der Waals surface area contributed by atoms with Crippen molar-refractivity contribution >= 4 is 23.3 Å². The molecule has 1 atom stereocenters. The highest BCUT2D eigenvalue weighted by Crippen LogP contribution is 2.28. The molecular weight excluding hydrogens is 322 g/mol. The number of rotatable bonds is 5. The lowest BCUT2D eigenvalue weighted by Gasteiger charge is -2.23. The lowest BCUT2D eigenvalue weighted by atomic mass is 9.91. The molecule has 24 heavy (non-hydrogen) atoms. The van der Waals surface area contributed by atoms with Crippen LogP contribution in [-0.2, 0) is 11.3 Å². The molecule has 0 saturated carbocycles. The van der Waals surface area contributed by atoms with Crippen molar-refractivity contribution in [3.05, 3.63) is 41.4 Å². The van der Waals surface area contributed by atoms with Crippen molar-refractivity contribution in [2.75, 3.05) is 0 Å². The van der Waals surface area contributed by atoms with Crippen LogP contribution in [0.25, 0.3) is 10.6 Å². The summed E-state index contributed by atoms with van der Waals surface area (Å²) in [5, 5.41) is 5.63. The van der Waals surface area contributed by atoms with Crippen LogP contribution < -0.4 is 5.32 Å². The highest BCUT2D eigenvalue weighted by Gasteiger charge is 2.47. The van der Waals surface area contributed by atoms with E-state index in [-0.39, 0.29) is 18.5 Å². The molecule has 1 N–H and O–H groups in total. The molecule has 2 aromatic rings. The second-order valence-electron chi connectivity index (χ2n) is 6.76. The molecule has 2 heterocycles. The highest BCUT2D eigenvalue weighted by atomic mass is 32.1. The predicted molar refractivity (Wildman–Crippen MR) is 94.5 cm³/mol. The number of benzene rings is 1. The molecule has 1 fully saturated rings. The zero-order chi connectivity index (χ0) is 17.3. The predicted octanol–water partition coefficient (Wildman–Crippen LogP) is 3.67. The van der Waals surface area contributed by atoms with Gasteiger partial charge in [-0.2, -0.15) is 0 Å². The molecule has 1 aliphatic heterocycles. The molecule has 0 bridgehead atoms. The van der Waals surface area contributed by atoms with E-state index in [0.29, 0.717) is 12.3 Å². The van der Waals surface area contributed by atoms with Crippen molar-refractivity contribution in [2.45, 2.75) is 39.3 Å². The summed E-state index contributed by atoms with van der Waals surface area (Å²) >= 11 is 1.52. The Kier molecular flexibility index (Phi) is 4.41. The number of nitrogens with one attached hydrogen (secondary N) is 1. The maximum absolute atomic E-state index is 12.7. The minimum Gasteiger partial charge on any atom is -0.323 e. The third kappa shape index (κ3) is 3.19. The Balaban J connectivity index is 1.76. The van der Waals surface area contributed by atoms with Crippen LogP contribution in [0.4, 0.5) is 4.79 Å². The van der Waals surface area contributed by atoms with Gasteiger partial charge in [0.25, 0.3) is 5.91 Å². The highest BCUT2D eigenvalue weighted by molar-refractivity contribution is 7.13. The summed E-state index contributed by atoms with van der Waals surface area (Å²) in [5.74, 6) is 0.151. The van der Waals surface area contributed by atoms with Gasteiger partial charge >= 0.3 is 6.03 Å². The van der Waals surface area contributed by atoms with E-state index in [1.54, 1.807) is 6.92 Å². The number of nitrogens with zero attached hydrogens (tertiary/aromatic N) is 2. The van der Waals surface area contributed by atoms with Gasteiger partial charge in [-0.25, -0.2) is 9.78 Å². The molecule has 0 spiro atoms. The van der Waals surface area contributed by atoms with Crippen LogP contribution in [0, 0.1) is 5.92 Å². The molecule has 126 valence electrons. The fourth-order valence-corrected chi connectivity index (χ4v) is 3.92. The Morgan fingerprint density at radius 2 is 1.96 bits per heavy atom. The summed E-state index contributed by atoms with van der Waals surface area (Å²) in [6.07, 6.45) is 0.625. The largest absolute Gasteiger partial charge is 0.325 e. The summed E-state index contributed by atoms with van der Waals surface area (Å²) in [6.45, 7) is 6.09. The van der Waals surface area contributed by atoms with Crippen molar-refractivity contribution < 1.29 is 9.59 Å². The summed E-state index contributed by atoms with van der Waals surface area (Å²) < 4.78 is 0. The van der Waals surface area contributed by atoms with Crippen LogP contribution in [-0.4, -0.2) is 27.4 Å². The number of imide groups is 1. The number of hydrogen-bond donors (Lipinski definition) is 1. The van der Waals surface area contributed by atoms with E-state index in [4.69, 9.17) is 0 Å². The number of carbonyl (C=O) groups excluding carboxylic acids is 2. The van der Waals surface area contributed by atoms with E-state index in [9.17, 15) is 9.59 Å². The molecule has 0 unspecified atom stereocenters. The fraction of sp³-hybridized carbons (Fsp3) is 0.389. The van der Waals surface area contributed by atoms with E-state index >= 15 is 0 Å². The van der Waals surface area contributed by atoms with Gasteiger partial charge in [0.05, 0.1) is 12.2 Å². The molecule has 3 amide bonds. The van der Waals surface area contributed by atoms with Crippen LogP contribution in [0.2, 0.25) is 0 Å². The van der Waals surface area contributed by atoms with E-state index in [2.05, 4.69) is 10.3 Å². The first kappa shape index (κ1) is 16.6. The molecule has 1 aromatic carbocycles. The van der Waals surface area contributed by atoms with E-state index in [1.165, 1.54) is 16.2 Å². The van der Waals surface area contributed by atoms with Crippen molar-refractivity contribution in [3.63, 3.8) is 0 Å². The van der Waals surface area contributed by atoms with Gasteiger partial charge in [-0.05, 0) is 19.3 Å². The van der Waals surface area contributed by atoms with Gasteiger partial charge in [0, 0.05) is 10.9 Å². The van der Waals surface area contributed by atoms with Crippen LogP contribution in [0.15, 0.2) is 35.7 Å². The Morgan fingerprint density at radius 1 is 1.25 bits per heavy atom. The molecule has 5 nitrogen and oxygen atoms in total. The topological polar surface area (TPSA) is 62.3 Å². The second kappa shape index (κ2) is 6.36. The fourth-order valence-electron chi connectivity index (χ4n) is 3.10. The molecule has 0 radical (unpaired) electrons. The first-order valence-corrected chi connectivity index (χ1v) is 8.91. The van der Waals surface area contributed by atoms with Crippen molar-refractivity contribution in [2.24, 2.45) is 5.92 Å². The summed E-state index contributed by atoms with van der Waals surface area (Å²) in [7, 11) is 0. The van der Waals surface area contributed by atoms with E-state index < -0.39 is 5.54 Å². The van der Waals surface area contributed by atoms with Crippen molar-refractivity contribution in [3.8, 4) is 10.6 Å². The van der Waals surface area contributed by atoms with Gasteiger partial charge < -0.3 is 5.32 Å². The lowest BCUT2D eigenvalue weighted by Crippen LogP contribution is -2.44. The first-order valence-electron chi connectivity index (χ1n) is 8.03. The van der Waals surface area contributed by atoms with Crippen LogP contribution in [0.3, 0.4) is 0 Å². The average Bonchev–Trinajstić information content (AvgIpc) is 3.07. The third-order valence-corrected chi connectivity index (χ3v) is 4.99. The molecule has 6 heteroatoms. The molecule has 3 rings (SSSR count). The average molecular weight is 343 g/mol. The van der Waals surface area contributed by atoms with E-state index in [1.807, 2.05) is 49.6 Å². The first-order chi connectivity index (χ1) is 11.4. The number of carbonyl (C=O) groups is 2. The SMILES string of the molecule is CC(C)C[C@@]1(C)NC(=O)N(Cc2csc(-c3ccccc3)n2)C1=O. The molecule has 1 aromatic heterocycles. The normalized spacial score (nSPS) is 20.8. The summed E-state index contributed by atoms with van der Waals surface area (Å²) in [4.78, 5) is 30.7. The van der Waals surface area contributed by atoms with Crippen LogP contribution >= 0.6 is 11.3 Å². The molecule has 1 saturated heterocycles. The van der Waals surface area contributed by atoms with Crippen molar-refractivity contribution in [1.29, 1.82) is 0 Å². The van der Waals surface area contributed by atoms with Crippen LogP contribution in [0.5, 0.6) is 0 Å². The van der Waals surface area contributed by atoms with Gasteiger partial charge in [0.1, 0.15) is 10.5 Å². The number of urea groups is 1. The zero-order valence-electron chi connectivity index (χ0n) is 14.1. The summed E-state index contributed by atoms with van der Waals surface area (Å²) in [6, 6.07) is 9.54. The number of hydrogen-bond acceptors (Lipinski definition) is 4. The van der Waals surface area contributed by atoms with Gasteiger partial charge in [-0.3, -0.25) is 9.69 Å². The van der Waals surface area contributed by atoms with Gasteiger partial charge in [0.2, 0.25) is 0 Å². The van der Waals surface area contributed by atoms with Gasteiger partial charge in [0.15, 0.2) is 0 Å². The monoisotopic (exact) mass is 343 g/mol. The van der Waals surface area contributed by atoms with E-state index in [0.717, 1.165) is 16.3 Å². The minimum absolute atomic E-state index is 0.171. The van der Waals surface area contributed by atoms with Crippen molar-refractivity contribution in [1.82, 2.24) is 15.2 Å². The second-order valence-corrected chi connectivity index (χ2v) is 7.62. The Labute approximate surface area is 145 Å². The lowest BCUT2D eigenvalue weighted by molar-refractivity contribution is -0.131. The zero-order valence-corrected chi connectivity index (χ0v) is 14.9. The Morgan fingerprint density at radius 3 is 2.62 bits per heavy atom. The summed E-state index contributed by atoms with van der Waals surface area (Å²) in [5.41, 5.74) is 0.954. The van der Waals surface area contributed by atoms with Crippen LogP contribution in [0.1, 0.15) is 32.9 Å². The minimum atomic E-state index is -0.816. The molecular formula is C18H21N3O2S. The Bertz CT molecular complexity index is 757.